The van der Waals surface area contributed by atoms with E-state index in [1.165, 1.54) is 56.6 Å². The van der Waals surface area contributed by atoms with Gasteiger partial charge < -0.3 is 18.9 Å². The molecule has 0 N–H and O–H groups in total. The van der Waals surface area contributed by atoms with Crippen molar-refractivity contribution in [3.63, 3.8) is 0 Å². The van der Waals surface area contributed by atoms with Crippen molar-refractivity contribution in [2.75, 3.05) is 14.2 Å². The summed E-state index contributed by atoms with van der Waals surface area (Å²) in [7, 11) is -0.560. The third-order valence-corrected chi connectivity index (χ3v) is 18.4. The maximum atomic E-state index is 14.6. The second-order valence-electron chi connectivity index (χ2n) is 24.1. The van der Waals surface area contributed by atoms with Crippen LogP contribution in [0.3, 0.4) is 0 Å². The fourth-order valence-corrected chi connectivity index (χ4v) is 12.3. The lowest BCUT2D eigenvalue weighted by molar-refractivity contribution is 0.253. The zero-order chi connectivity index (χ0) is 62.7. The van der Waals surface area contributed by atoms with E-state index in [9.17, 15) is 8.42 Å². The molecule has 0 bridgehead atoms. The largest absolute Gasteiger partial charge is 0.490 e. The number of benzene rings is 4. The van der Waals surface area contributed by atoms with E-state index in [-0.39, 0.29) is 0 Å². The van der Waals surface area contributed by atoms with Crippen LogP contribution in [0.4, 0.5) is 0 Å². The summed E-state index contributed by atoms with van der Waals surface area (Å²) >= 11 is 0. The van der Waals surface area contributed by atoms with Crippen LogP contribution in [0.1, 0.15) is 208 Å². The predicted octanol–water partition coefficient (Wildman–Crippen LogP) is 22.7. The second-order valence-corrected chi connectivity index (χ2v) is 26.2. The van der Waals surface area contributed by atoms with Crippen LogP contribution < -0.4 is 18.9 Å². The van der Waals surface area contributed by atoms with Crippen molar-refractivity contribution in [1.29, 1.82) is 0 Å². The lowest BCUT2D eigenvalue weighted by Crippen LogP contribution is -2.22. The maximum absolute atomic E-state index is 14.6. The van der Waals surface area contributed by atoms with Gasteiger partial charge in [0.15, 0.2) is 21.3 Å². The van der Waals surface area contributed by atoms with Gasteiger partial charge in [0.25, 0.3) is 0 Å². The first kappa shape index (κ1) is 71.9. The van der Waals surface area contributed by atoms with Gasteiger partial charge in [-0.1, -0.05) is 195 Å². The van der Waals surface area contributed by atoms with E-state index >= 15 is 0 Å². The molecule has 4 aromatic carbocycles. The summed E-state index contributed by atoms with van der Waals surface area (Å²) in [4.78, 5) is 0.309. The minimum Gasteiger partial charge on any atom is -0.490 e. The van der Waals surface area contributed by atoms with Gasteiger partial charge in [0.05, 0.1) is 24.4 Å². The molecule has 7 heteroatoms. The Morgan fingerprint density at radius 2 is 0.709 bits per heavy atom. The quantitative estimate of drug-likeness (QED) is 0.0415. The van der Waals surface area contributed by atoms with Crippen LogP contribution >= 0.6 is 0 Å². The fraction of sp³-hybridized carbons (Fsp3) is 0.443. The van der Waals surface area contributed by atoms with E-state index in [1.807, 2.05) is 86.7 Å². The predicted molar refractivity (Wildman–Crippen MR) is 369 cm³/mol. The van der Waals surface area contributed by atoms with Crippen LogP contribution in [0.25, 0.3) is 0 Å². The van der Waals surface area contributed by atoms with Crippen molar-refractivity contribution >= 4 is 9.84 Å². The van der Waals surface area contributed by atoms with E-state index < -0.39 is 15.1 Å². The Morgan fingerprint density at radius 1 is 0.395 bits per heavy atom. The molecule has 0 aromatic heterocycles. The molecule has 1 unspecified atom stereocenters. The van der Waals surface area contributed by atoms with Gasteiger partial charge in [0.1, 0.15) is 13.2 Å². The maximum Gasteiger partial charge on any atom is 0.207 e. The molecule has 0 aliphatic heterocycles. The molecular weight excluding hydrogens is 1080 g/mol. The van der Waals surface area contributed by atoms with E-state index in [0.29, 0.717) is 53.9 Å². The summed E-state index contributed by atoms with van der Waals surface area (Å²) in [5, 5.41) is -0.780. The summed E-state index contributed by atoms with van der Waals surface area (Å²) in [5.41, 5.74) is 17.3. The number of hydrogen-bond donors (Lipinski definition) is 0. The van der Waals surface area contributed by atoms with Crippen molar-refractivity contribution < 1.29 is 27.4 Å². The Kier molecular flexibility index (Phi) is 33.4. The summed E-state index contributed by atoms with van der Waals surface area (Å²) < 4.78 is 54.3. The molecule has 0 saturated heterocycles. The van der Waals surface area contributed by atoms with Crippen LogP contribution in [0.2, 0.25) is 0 Å². The van der Waals surface area contributed by atoms with Gasteiger partial charge in [-0.3, -0.25) is 0 Å². The third kappa shape index (κ3) is 27.0. The van der Waals surface area contributed by atoms with Crippen LogP contribution in [0.5, 0.6) is 23.0 Å². The fourth-order valence-electron chi connectivity index (χ4n) is 10.5. The van der Waals surface area contributed by atoms with Crippen molar-refractivity contribution in [3.8, 4) is 23.0 Å². The minimum atomic E-state index is -3.76. The highest BCUT2D eigenvalue weighted by Gasteiger charge is 2.30. The van der Waals surface area contributed by atoms with Gasteiger partial charge in [-0.05, 0) is 222 Å². The molecule has 4 aromatic rings. The van der Waals surface area contributed by atoms with E-state index in [4.69, 9.17) is 18.9 Å². The molecule has 0 fully saturated rings. The number of methoxy groups -OCH3 is 2. The number of rotatable bonds is 39. The SMILES string of the molecule is COc1c(OCc2ccccc2)c(C)c(C/C=C(\C)C(C/C=C(\C)CC/C=C(\C)CC/C=C(\C)CC/C=C(\C)CC/C=C(\C)CC/C=C(\C)CC/C=C(\C)CC/C=C(\C)CCC=C(C)C)S(=O)(=O)c2ccccc2)c(OCc2ccccc2)c1OC. The lowest BCUT2D eigenvalue weighted by atomic mass is 9.98. The van der Waals surface area contributed by atoms with Crippen molar-refractivity contribution in [1.82, 2.24) is 0 Å². The van der Waals surface area contributed by atoms with Gasteiger partial charge >= 0.3 is 0 Å². The van der Waals surface area contributed by atoms with Gasteiger partial charge in [-0.15, -0.1) is 0 Å². The standard InChI is InChI=1S/C79H108O6S/c1-60(2)32-24-33-61(3)34-25-35-62(4)36-26-37-63(5)38-27-39-64(6)40-28-41-65(7)42-29-43-66(8)44-30-45-67(9)46-31-47-68(10)54-57-75(86(80,81)73-52-22-17-23-53-73)69(11)55-56-74-70(12)76(84-58-71-48-18-15-19-49-71)78(82-13)79(83-14)77(74)85-59-72-50-20-16-21-51-72/h15-23,32,34,36,38,40,42,44,46,48-55,75H,24-31,33,35,37,39,41,43,45,47,56-59H2,1-14H3/b61-34+,62-36+,63-38+,64-40+,65-42+,66-44+,67-46+,68-54+,69-55+. The zero-order valence-corrected chi connectivity index (χ0v) is 56.3. The van der Waals surface area contributed by atoms with Gasteiger partial charge in [-0.2, -0.15) is 0 Å². The van der Waals surface area contributed by atoms with Crippen molar-refractivity contribution in [3.05, 3.63) is 230 Å². The highest BCUT2D eigenvalue weighted by atomic mass is 32.2. The number of sulfone groups is 1. The average Bonchev–Trinajstić information content (AvgIpc) is 2.39. The normalized spacial score (nSPS) is 13.9. The Morgan fingerprint density at radius 3 is 1.06 bits per heavy atom. The van der Waals surface area contributed by atoms with E-state index in [1.54, 1.807) is 38.5 Å². The molecule has 0 spiro atoms. The van der Waals surface area contributed by atoms with E-state index in [2.05, 4.69) is 124 Å². The molecule has 0 radical (unpaired) electrons. The Bertz CT molecular complexity index is 3120. The van der Waals surface area contributed by atoms with Crippen molar-refractivity contribution in [2.45, 2.75) is 222 Å². The molecular formula is C79H108O6S. The summed E-state index contributed by atoms with van der Waals surface area (Å²) in [6, 6.07) is 28.8. The molecule has 0 aliphatic rings. The molecule has 0 heterocycles. The molecule has 4 rings (SSSR count). The first-order valence-corrected chi connectivity index (χ1v) is 33.3. The summed E-state index contributed by atoms with van der Waals surface area (Å²) in [5.74, 6) is 1.94. The Balaban J connectivity index is 1.29. The van der Waals surface area contributed by atoms with Crippen LogP contribution in [-0.2, 0) is 29.5 Å². The average molecular weight is 1190 g/mol. The number of ether oxygens (including phenoxy) is 4. The van der Waals surface area contributed by atoms with Gasteiger partial charge in [0.2, 0.25) is 11.5 Å². The third-order valence-electron chi connectivity index (χ3n) is 16.1. The van der Waals surface area contributed by atoms with Gasteiger partial charge in [0, 0.05) is 11.1 Å². The molecule has 466 valence electrons. The molecule has 1 atom stereocenters. The first-order chi connectivity index (χ1) is 41.3. The van der Waals surface area contributed by atoms with Crippen LogP contribution in [0, 0.1) is 6.92 Å². The minimum absolute atomic E-state index is 0.298. The van der Waals surface area contributed by atoms with Gasteiger partial charge in [-0.25, -0.2) is 8.42 Å². The van der Waals surface area contributed by atoms with Crippen LogP contribution in [-0.4, -0.2) is 27.9 Å². The summed E-state index contributed by atoms with van der Waals surface area (Å²) in [6.07, 6.45) is 41.6. The monoisotopic (exact) mass is 1180 g/mol. The van der Waals surface area contributed by atoms with E-state index in [0.717, 1.165) is 124 Å². The van der Waals surface area contributed by atoms with Crippen molar-refractivity contribution in [2.24, 2.45) is 0 Å². The first-order valence-electron chi connectivity index (χ1n) is 31.8. The topological polar surface area (TPSA) is 71.1 Å². The summed E-state index contributed by atoms with van der Waals surface area (Å²) in [6.45, 7) is 26.9. The number of allylic oxidation sites excluding steroid dienone is 19. The highest BCUT2D eigenvalue weighted by Crippen LogP contribution is 2.50. The lowest BCUT2D eigenvalue weighted by Gasteiger charge is -2.24. The smallest absolute Gasteiger partial charge is 0.207 e. The number of hydrogen-bond acceptors (Lipinski definition) is 6. The zero-order valence-electron chi connectivity index (χ0n) is 55.5. The second kappa shape index (κ2) is 40.0. The Hall–Kier alpha value is -6.57. The van der Waals surface area contributed by atoms with Crippen LogP contribution in [0.15, 0.2) is 212 Å². The molecule has 6 nitrogen and oxygen atoms in total. The molecule has 86 heavy (non-hydrogen) atoms. The Labute approximate surface area is 523 Å². The molecule has 0 aliphatic carbocycles. The molecule has 0 saturated carbocycles. The molecule has 0 amide bonds. The highest BCUT2D eigenvalue weighted by molar-refractivity contribution is 7.92.